The Morgan fingerprint density at radius 1 is 1.16 bits per heavy atom. The molecule has 2 aromatic carbocycles. The van der Waals surface area contributed by atoms with Crippen LogP contribution in [0.15, 0.2) is 54.7 Å². The number of likely N-dealkylation sites (tertiary alicyclic amines) is 1. The number of aromatic nitrogens is 1. The first-order valence-electron chi connectivity index (χ1n) is 13.2. The van der Waals surface area contributed by atoms with Crippen molar-refractivity contribution in [1.82, 2.24) is 9.88 Å². The van der Waals surface area contributed by atoms with Crippen LogP contribution in [0.4, 0.5) is 4.39 Å². The Labute approximate surface area is 218 Å². The first-order chi connectivity index (χ1) is 17.9. The van der Waals surface area contributed by atoms with Gasteiger partial charge in [0.1, 0.15) is 11.6 Å². The molecular weight excluding hydrogens is 471 g/mol. The maximum Gasteiger partial charge on any atom is 0.303 e. The molecule has 0 bridgehead atoms. The molecule has 198 valence electrons. The lowest BCUT2D eigenvalue weighted by atomic mass is 9.79. The minimum atomic E-state index is -0.760. The van der Waals surface area contributed by atoms with Crippen molar-refractivity contribution in [2.24, 2.45) is 11.8 Å². The molecule has 1 aromatic heterocycles. The van der Waals surface area contributed by atoms with E-state index in [0.717, 1.165) is 73.1 Å². The number of aliphatic hydroxyl groups excluding tert-OH is 1. The predicted octanol–water partition coefficient (Wildman–Crippen LogP) is 5.63. The van der Waals surface area contributed by atoms with Crippen LogP contribution in [0.1, 0.15) is 55.8 Å². The number of hydrogen-bond donors (Lipinski definition) is 2. The third-order valence-corrected chi connectivity index (χ3v) is 7.71. The lowest BCUT2D eigenvalue weighted by molar-refractivity contribution is -0.137. The zero-order valence-corrected chi connectivity index (χ0v) is 21.5. The van der Waals surface area contributed by atoms with Crippen molar-refractivity contribution in [2.75, 3.05) is 26.7 Å². The van der Waals surface area contributed by atoms with Gasteiger partial charge in [0.2, 0.25) is 0 Å². The zero-order chi connectivity index (χ0) is 26.2. The van der Waals surface area contributed by atoms with Crippen molar-refractivity contribution in [3.05, 3.63) is 71.7 Å². The van der Waals surface area contributed by atoms with Crippen LogP contribution in [-0.2, 0) is 11.2 Å². The molecule has 2 N–H and O–H groups in total. The van der Waals surface area contributed by atoms with Crippen LogP contribution in [0.5, 0.6) is 5.75 Å². The third kappa shape index (κ3) is 7.49. The summed E-state index contributed by atoms with van der Waals surface area (Å²) in [5.74, 6) is 0.426. The fraction of sp³-hybridized carbons (Fsp3) is 0.467. The molecule has 1 fully saturated rings. The molecule has 2 heterocycles. The van der Waals surface area contributed by atoms with Gasteiger partial charge in [-0.05, 0) is 111 Å². The van der Waals surface area contributed by atoms with Crippen molar-refractivity contribution >= 4 is 16.9 Å². The Morgan fingerprint density at radius 2 is 1.97 bits per heavy atom. The van der Waals surface area contributed by atoms with Crippen molar-refractivity contribution < 1.29 is 24.1 Å². The molecule has 0 spiro atoms. The van der Waals surface area contributed by atoms with Gasteiger partial charge in [-0.3, -0.25) is 9.78 Å². The van der Waals surface area contributed by atoms with Gasteiger partial charge in [0.05, 0.1) is 18.7 Å². The number of aliphatic carboxylic acids is 1. The molecule has 7 heteroatoms. The number of benzene rings is 2. The number of carbonyl (C=O) groups is 1. The first kappa shape index (κ1) is 27.0. The molecule has 6 nitrogen and oxygen atoms in total. The van der Waals surface area contributed by atoms with Gasteiger partial charge in [-0.15, -0.1) is 0 Å². The summed E-state index contributed by atoms with van der Waals surface area (Å²) in [4.78, 5) is 18.2. The number of aliphatic hydroxyl groups is 1. The Balaban J connectivity index is 1.34. The summed E-state index contributed by atoms with van der Waals surface area (Å²) in [6.07, 6.45) is 6.29. The van der Waals surface area contributed by atoms with E-state index in [1.807, 2.05) is 36.4 Å². The zero-order valence-electron chi connectivity index (χ0n) is 21.5. The number of carboxylic acid groups (broad SMARTS) is 1. The highest BCUT2D eigenvalue weighted by atomic mass is 19.1. The maximum atomic E-state index is 13.1. The molecule has 3 aromatic rings. The van der Waals surface area contributed by atoms with E-state index in [0.29, 0.717) is 18.8 Å². The minimum Gasteiger partial charge on any atom is -0.497 e. The lowest BCUT2D eigenvalue weighted by Gasteiger charge is -2.39. The topological polar surface area (TPSA) is 82.9 Å². The van der Waals surface area contributed by atoms with Gasteiger partial charge in [0.25, 0.3) is 0 Å². The molecule has 37 heavy (non-hydrogen) atoms. The van der Waals surface area contributed by atoms with E-state index in [-0.39, 0.29) is 18.2 Å². The van der Waals surface area contributed by atoms with Crippen molar-refractivity contribution in [3.8, 4) is 5.75 Å². The van der Waals surface area contributed by atoms with Crippen molar-refractivity contribution in [2.45, 2.75) is 51.0 Å². The van der Waals surface area contributed by atoms with E-state index < -0.39 is 12.1 Å². The summed E-state index contributed by atoms with van der Waals surface area (Å²) in [5.41, 5.74) is 2.81. The Hall–Kier alpha value is -3.03. The highest BCUT2D eigenvalue weighted by molar-refractivity contribution is 5.83. The second kappa shape index (κ2) is 13.0. The van der Waals surface area contributed by atoms with E-state index in [1.165, 1.54) is 12.1 Å². The Kier molecular flexibility index (Phi) is 9.47. The summed E-state index contributed by atoms with van der Waals surface area (Å²) in [7, 11) is 1.63. The number of pyridine rings is 1. The van der Waals surface area contributed by atoms with Crippen LogP contribution in [0, 0.1) is 17.7 Å². The average Bonchev–Trinajstić information content (AvgIpc) is 2.91. The smallest absolute Gasteiger partial charge is 0.303 e. The number of ether oxygens (including phenoxy) is 1. The van der Waals surface area contributed by atoms with Crippen molar-refractivity contribution in [3.63, 3.8) is 0 Å². The number of methoxy groups -OCH3 is 1. The van der Waals surface area contributed by atoms with Crippen molar-refractivity contribution in [1.29, 1.82) is 0 Å². The Bertz CT molecular complexity index is 1170. The second-order valence-electron chi connectivity index (χ2n) is 10.1. The SMILES string of the molecule is COc1ccc2nccc([C@H](O)CC[C@@H]3CCN(CCCc4ccc(F)cc4)C[C@H]3CCC(=O)O)c2c1. The van der Waals surface area contributed by atoms with E-state index in [4.69, 9.17) is 4.74 Å². The molecule has 1 aliphatic rings. The number of halogens is 1. The van der Waals surface area contributed by atoms with Crippen LogP contribution in [0.2, 0.25) is 0 Å². The summed E-state index contributed by atoms with van der Waals surface area (Å²) in [5, 5.41) is 21.3. The number of nitrogens with zero attached hydrogens (tertiary/aromatic N) is 2. The maximum absolute atomic E-state index is 13.1. The van der Waals surface area contributed by atoms with Gasteiger partial charge in [-0.25, -0.2) is 4.39 Å². The molecule has 4 rings (SSSR count). The van der Waals surface area contributed by atoms with Gasteiger partial charge in [-0.1, -0.05) is 12.1 Å². The highest BCUT2D eigenvalue weighted by Crippen LogP contribution is 2.35. The number of piperidine rings is 1. The third-order valence-electron chi connectivity index (χ3n) is 7.71. The van der Waals surface area contributed by atoms with Crippen LogP contribution < -0.4 is 4.74 Å². The van der Waals surface area contributed by atoms with Gasteiger partial charge in [0.15, 0.2) is 0 Å². The van der Waals surface area contributed by atoms with Gasteiger partial charge in [-0.2, -0.15) is 0 Å². The number of carboxylic acids is 1. The molecule has 0 saturated carbocycles. The van der Waals surface area contributed by atoms with E-state index in [9.17, 15) is 19.4 Å². The number of rotatable bonds is 12. The summed E-state index contributed by atoms with van der Waals surface area (Å²) >= 11 is 0. The van der Waals surface area contributed by atoms with Crippen LogP contribution in [-0.4, -0.2) is 52.8 Å². The fourth-order valence-corrected chi connectivity index (χ4v) is 5.62. The normalized spacial score (nSPS) is 19.1. The van der Waals surface area contributed by atoms with Gasteiger partial charge >= 0.3 is 5.97 Å². The number of hydrogen-bond acceptors (Lipinski definition) is 5. The lowest BCUT2D eigenvalue weighted by Crippen LogP contribution is -2.41. The molecule has 1 aliphatic heterocycles. The standard InChI is InChI=1S/C30H37FN2O4/c1-37-25-10-11-28-27(19-25)26(14-16-32-28)29(34)12-6-22-15-18-33(20-23(22)7-13-30(35)36)17-2-3-21-4-8-24(31)9-5-21/h4-5,8-11,14,16,19,22-23,29,34H,2-3,6-7,12-13,15,17-18,20H2,1H3,(H,35,36)/t22-,23-,29-/m1/s1. The molecule has 0 radical (unpaired) electrons. The largest absolute Gasteiger partial charge is 0.497 e. The summed E-state index contributed by atoms with van der Waals surface area (Å²) in [6, 6.07) is 14.2. The fourth-order valence-electron chi connectivity index (χ4n) is 5.62. The van der Waals surface area contributed by atoms with Crippen LogP contribution in [0.3, 0.4) is 0 Å². The molecule has 0 unspecified atom stereocenters. The number of aryl methyl sites for hydroxylation is 1. The van der Waals surface area contributed by atoms with Gasteiger partial charge in [0, 0.05) is 24.5 Å². The number of fused-ring (bicyclic) bond motifs is 1. The molecular formula is C30H37FN2O4. The molecule has 3 atom stereocenters. The van der Waals surface area contributed by atoms with Crippen LogP contribution >= 0.6 is 0 Å². The summed E-state index contributed by atoms with van der Waals surface area (Å²) < 4.78 is 18.5. The van der Waals surface area contributed by atoms with E-state index in [2.05, 4.69) is 9.88 Å². The van der Waals surface area contributed by atoms with E-state index in [1.54, 1.807) is 13.3 Å². The first-order valence-corrected chi connectivity index (χ1v) is 13.2. The average molecular weight is 509 g/mol. The van der Waals surface area contributed by atoms with E-state index >= 15 is 0 Å². The molecule has 1 saturated heterocycles. The monoisotopic (exact) mass is 508 g/mol. The quantitative estimate of drug-likeness (QED) is 0.330. The molecule has 0 aliphatic carbocycles. The second-order valence-corrected chi connectivity index (χ2v) is 10.1. The minimum absolute atomic E-state index is 0.169. The van der Waals surface area contributed by atoms with Crippen LogP contribution in [0.25, 0.3) is 10.9 Å². The Morgan fingerprint density at radius 3 is 2.73 bits per heavy atom. The molecule has 0 amide bonds. The summed E-state index contributed by atoms with van der Waals surface area (Å²) in [6.45, 7) is 2.80. The van der Waals surface area contributed by atoms with Gasteiger partial charge < -0.3 is 19.8 Å². The highest BCUT2D eigenvalue weighted by Gasteiger charge is 2.30. The predicted molar refractivity (Wildman–Crippen MR) is 142 cm³/mol.